The highest BCUT2D eigenvalue weighted by Gasteiger charge is 2.34. The first-order chi connectivity index (χ1) is 13.2. The highest BCUT2D eigenvalue weighted by atomic mass is 19.4. The number of hydrogen-bond donors (Lipinski definition) is 3. The number of nitrogens with one attached hydrogen (secondary N) is 2. The maximum Gasteiger partial charge on any atom is 0.401 e. The van der Waals surface area contributed by atoms with Gasteiger partial charge in [-0.15, -0.1) is 0 Å². The molecule has 5 nitrogen and oxygen atoms in total. The predicted molar refractivity (Wildman–Crippen MR) is 100 cm³/mol. The summed E-state index contributed by atoms with van der Waals surface area (Å²) in [6.07, 6.45) is -3.67. The zero-order chi connectivity index (χ0) is 20.3. The lowest BCUT2D eigenvalue weighted by atomic mass is 10.1. The van der Waals surface area contributed by atoms with E-state index in [1.165, 1.54) is 4.90 Å². The molecule has 1 unspecified atom stereocenters. The molecule has 1 aliphatic heterocycles. The Hall–Kier alpha value is -2.74. The fourth-order valence-corrected chi connectivity index (χ4v) is 3.39. The molecule has 2 aromatic carbocycles. The Kier molecular flexibility index (Phi) is 5.79. The standard InChI is InChI=1S/C20H22F3N3O2/c1-13(9-14-5-7-16(27)8-6-14)24-19(28)25-18-4-2-3-15-10-26(11-17(15)18)12-20(21,22)23/h2-8,13,27H,9-12H2,1H3,(H2,24,25,28). The van der Waals surface area contributed by atoms with Gasteiger partial charge in [-0.1, -0.05) is 24.3 Å². The lowest BCUT2D eigenvalue weighted by Crippen LogP contribution is -2.37. The molecule has 0 saturated heterocycles. The molecule has 3 rings (SSSR count). The molecule has 0 spiro atoms. The van der Waals surface area contributed by atoms with Crippen LogP contribution in [0, 0.1) is 0 Å². The summed E-state index contributed by atoms with van der Waals surface area (Å²) in [5.74, 6) is 0.180. The Bertz CT molecular complexity index is 838. The van der Waals surface area contributed by atoms with Crippen LogP contribution in [0.5, 0.6) is 5.75 Å². The zero-order valence-corrected chi connectivity index (χ0v) is 15.4. The van der Waals surface area contributed by atoms with Crippen LogP contribution in [0.3, 0.4) is 0 Å². The van der Waals surface area contributed by atoms with Gasteiger partial charge in [0.1, 0.15) is 5.75 Å². The van der Waals surface area contributed by atoms with E-state index in [0.717, 1.165) is 11.1 Å². The molecule has 2 aromatic rings. The summed E-state index contributed by atoms with van der Waals surface area (Å²) in [4.78, 5) is 13.6. The van der Waals surface area contributed by atoms with Gasteiger partial charge in [0, 0.05) is 24.8 Å². The summed E-state index contributed by atoms with van der Waals surface area (Å²) >= 11 is 0. The van der Waals surface area contributed by atoms with Crippen molar-refractivity contribution >= 4 is 11.7 Å². The van der Waals surface area contributed by atoms with Gasteiger partial charge in [0.25, 0.3) is 0 Å². The van der Waals surface area contributed by atoms with E-state index in [9.17, 15) is 23.1 Å². The highest BCUT2D eigenvalue weighted by Crippen LogP contribution is 2.31. The minimum Gasteiger partial charge on any atom is -0.508 e. The quantitative estimate of drug-likeness (QED) is 0.719. The van der Waals surface area contributed by atoms with Crippen molar-refractivity contribution in [3.05, 3.63) is 59.2 Å². The number of rotatable bonds is 5. The van der Waals surface area contributed by atoms with Crippen molar-refractivity contribution in [1.29, 1.82) is 0 Å². The molecular formula is C20H22F3N3O2. The molecule has 0 radical (unpaired) electrons. The predicted octanol–water partition coefficient (Wildman–Crippen LogP) is 4.02. The fraction of sp³-hybridized carbons (Fsp3) is 0.350. The van der Waals surface area contributed by atoms with Crippen LogP contribution < -0.4 is 10.6 Å². The van der Waals surface area contributed by atoms with Crippen LogP contribution in [0.4, 0.5) is 23.7 Å². The van der Waals surface area contributed by atoms with Crippen molar-refractivity contribution in [2.75, 3.05) is 11.9 Å². The summed E-state index contributed by atoms with van der Waals surface area (Å²) in [6.45, 7) is 1.24. The van der Waals surface area contributed by atoms with Gasteiger partial charge in [-0.3, -0.25) is 4.90 Å². The third kappa shape index (κ3) is 5.39. The van der Waals surface area contributed by atoms with Crippen LogP contribution in [0.2, 0.25) is 0 Å². The lowest BCUT2D eigenvalue weighted by molar-refractivity contribution is -0.146. The lowest BCUT2D eigenvalue weighted by Gasteiger charge is -2.17. The fourth-order valence-electron chi connectivity index (χ4n) is 3.39. The molecule has 1 atom stereocenters. The Morgan fingerprint density at radius 3 is 2.57 bits per heavy atom. The molecule has 0 aliphatic carbocycles. The molecule has 1 aliphatic rings. The number of alkyl halides is 3. The topological polar surface area (TPSA) is 64.6 Å². The van der Waals surface area contributed by atoms with Gasteiger partial charge in [0.2, 0.25) is 0 Å². The molecule has 8 heteroatoms. The molecule has 2 amide bonds. The first kappa shape index (κ1) is 20.0. The van der Waals surface area contributed by atoms with E-state index < -0.39 is 18.8 Å². The number of phenolic OH excluding ortho intramolecular Hbond substituents is 1. The number of aromatic hydroxyl groups is 1. The Morgan fingerprint density at radius 1 is 1.18 bits per heavy atom. The number of anilines is 1. The number of carbonyl (C=O) groups excluding carboxylic acids is 1. The third-order valence-corrected chi connectivity index (χ3v) is 4.56. The molecule has 150 valence electrons. The maximum absolute atomic E-state index is 12.7. The van der Waals surface area contributed by atoms with Crippen molar-refractivity contribution in [3.63, 3.8) is 0 Å². The molecule has 0 saturated carbocycles. The minimum absolute atomic E-state index is 0.147. The van der Waals surface area contributed by atoms with Gasteiger partial charge in [-0.2, -0.15) is 13.2 Å². The van der Waals surface area contributed by atoms with E-state index in [0.29, 0.717) is 17.7 Å². The number of hydrogen-bond acceptors (Lipinski definition) is 3. The molecule has 0 aromatic heterocycles. The van der Waals surface area contributed by atoms with Crippen molar-refractivity contribution in [2.45, 2.75) is 38.7 Å². The van der Waals surface area contributed by atoms with Crippen LogP contribution in [0.15, 0.2) is 42.5 Å². The molecule has 1 heterocycles. The molecular weight excluding hydrogens is 371 g/mol. The average molecular weight is 393 g/mol. The van der Waals surface area contributed by atoms with Crippen LogP contribution >= 0.6 is 0 Å². The van der Waals surface area contributed by atoms with E-state index in [1.807, 2.05) is 6.92 Å². The van der Waals surface area contributed by atoms with Crippen molar-refractivity contribution in [2.24, 2.45) is 0 Å². The van der Waals surface area contributed by atoms with Crippen LogP contribution in [0.1, 0.15) is 23.6 Å². The summed E-state index contributed by atoms with van der Waals surface area (Å²) in [7, 11) is 0. The van der Waals surface area contributed by atoms with Crippen molar-refractivity contribution < 1.29 is 23.1 Å². The van der Waals surface area contributed by atoms with Gasteiger partial charge in [0.05, 0.1) is 6.54 Å². The zero-order valence-electron chi connectivity index (χ0n) is 15.4. The summed E-state index contributed by atoms with van der Waals surface area (Å²) < 4.78 is 38.0. The number of nitrogens with zero attached hydrogens (tertiary/aromatic N) is 1. The first-order valence-electron chi connectivity index (χ1n) is 8.95. The van der Waals surface area contributed by atoms with E-state index >= 15 is 0 Å². The largest absolute Gasteiger partial charge is 0.508 e. The number of carbonyl (C=O) groups is 1. The number of phenols is 1. The van der Waals surface area contributed by atoms with Crippen LogP contribution in [-0.4, -0.2) is 34.8 Å². The number of halogens is 3. The number of fused-ring (bicyclic) bond motifs is 1. The second-order valence-corrected chi connectivity index (χ2v) is 7.07. The smallest absolute Gasteiger partial charge is 0.401 e. The van der Waals surface area contributed by atoms with Gasteiger partial charge in [-0.25, -0.2) is 4.79 Å². The van der Waals surface area contributed by atoms with E-state index in [2.05, 4.69) is 10.6 Å². The SMILES string of the molecule is CC(Cc1ccc(O)cc1)NC(=O)Nc1cccc2c1CN(CC(F)(F)F)C2. The van der Waals surface area contributed by atoms with Crippen LogP contribution in [-0.2, 0) is 19.5 Å². The summed E-state index contributed by atoms with van der Waals surface area (Å²) in [5, 5.41) is 14.9. The minimum atomic E-state index is -4.25. The second kappa shape index (κ2) is 8.10. The number of benzene rings is 2. The van der Waals surface area contributed by atoms with Gasteiger partial charge >= 0.3 is 12.2 Å². The maximum atomic E-state index is 12.7. The van der Waals surface area contributed by atoms with Crippen molar-refractivity contribution in [3.8, 4) is 5.75 Å². The first-order valence-corrected chi connectivity index (χ1v) is 8.95. The summed E-state index contributed by atoms with van der Waals surface area (Å²) in [5.41, 5.74) is 3.00. The van der Waals surface area contributed by atoms with Crippen LogP contribution in [0.25, 0.3) is 0 Å². The van der Waals surface area contributed by atoms with Gasteiger partial charge in [-0.05, 0) is 48.2 Å². The molecule has 3 N–H and O–H groups in total. The molecule has 28 heavy (non-hydrogen) atoms. The third-order valence-electron chi connectivity index (χ3n) is 4.56. The highest BCUT2D eigenvalue weighted by molar-refractivity contribution is 5.90. The van der Waals surface area contributed by atoms with Gasteiger partial charge < -0.3 is 15.7 Å². The normalized spacial score (nSPS) is 15.1. The van der Waals surface area contributed by atoms with E-state index in [4.69, 9.17) is 0 Å². The summed E-state index contributed by atoms with van der Waals surface area (Å²) in [6, 6.07) is 11.4. The second-order valence-electron chi connectivity index (χ2n) is 7.07. The van der Waals surface area contributed by atoms with Gasteiger partial charge in [0.15, 0.2) is 0 Å². The average Bonchev–Trinajstić information content (AvgIpc) is 2.98. The Balaban J connectivity index is 1.58. The Labute approximate surface area is 161 Å². The monoisotopic (exact) mass is 393 g/mol. The number of urea groups is 1. The Morgan fingerprint density at radius 2 is 1.89 bits per heavy atom. The molecule has 0 fully saturated rings. The van der Waals surface area contributed by atoms with Crippen molar-refractivity contribution in [1.82, 2.24) is 10.2 Å². The molecule has 0 bridgehead atoms. The van der Waals surface area contributed by atoms with E-state index in [1.54, 1.807) is 42.5 Å². The number of amides is 2. The van der Waals surface area contributed by atoms with E-state index in [-0.39, 0.29) is 24.9 Å².